The zero-order chi connectivity index (χ0) is 30.0. The van der Waals surface area contributed by atoms with Crippen LogP contribution < -0.4 is 0 Å². The maximum absolute atomic E-state index is 13.6. The first-order valence-corrected chi connectivity index (χ1v) is 19.6. The standard InChI is InChI=1S/C30H36ClN7O3SSi/c1-43(2,3)11-10-40-20-38-26-13-22(23-15-33-37(17-23)28-6-4-5-9-41-28)7-8-25(26)29(35-38)27(39)12-21-14-32-36(16-21)18-24-19-42-30(31)34-24/h7-8,13-17,19,28H,4-6,9-12,18,20H2,1-3H3. The van der Waals surface area contributed by atoms with E-state index in [9.17, 15) is 4.79 Å². The minimum Gasteiger partial charge on any atom is -0.360 e. The Hall–Kier alpha value is -3.16. The van der Waals surface area contributed by atoms with Crippen LogP contribution in [0.3, 0.4) is 0 Å². The smallest absolute Gasteiger partial charge is 0.188 e. The van der Waals surface area contributed by atoms with E-state index in [0.29, 0.717) is 23.3 Å². The van der Waals surface area contributed by atoms with Gasteiger partial charge in [0, 0.05) is 56.4 Å². The van der Waals surface area contributed by atoms with Gasteiger partial charge in [-0.05, 0) is 48.6 Å². The lowest BCUT2D eigenvalue weighted by Gasteiger charge is -2.22. The highest BCUT2D eigenvalue weighted by Gasteiger charge is 2.21. The summed E-state index contributed by atoms with van der Waals surface area (Å²) in [5.74, 6) is -0.0721. The van der Waals surface area contributed by atoms with Crippen LogP contribution in [0.2, 0.25) is 30.2 Å². The van der Waals surface area contributed by atoms with Gasteiger partial charge < -0.3 is 9.47 Å². The predicted molar refractivity (Wildman–Crippen MR) is 170 cm³/mol. The molecule has 10 nitrogen and oxygen atoms in total. The van der Waals surface area contributed by atoms with Gasteiger partial charge in [-0.25, -0.2) is 14.3 Å². The molecule has 0 bridgehead atoms. The number of hydrogen-bond acceptors (Lipinski definition) is 8. The summed E-state index contributed by atoms with van der Waals surface area (Å²) in [5.41, 5.74) is 4.93. The molecule has 0 aliphatic carbocycles. The molecular weight excluding hydrogens is 602 g/mol. The summed E-state index contributed by atoms with van der Waals surface area (Å²) in [6, 6.07) is 7.13. The fourth-order valence-corrected chi connectivity index (χ4v) is 6.67. The summed E-state index contributed by atoms with van der Waals surface area (Å²) in [6.07, 6.45) is 10.9. The average Bonchev–Trinajstić information content (AvgIpc) is 3.79. The van der Waals surface area contributed by atoms with Crippen LogP contribution in [0.15, 0.2) is 48.4 Å². The molecule has 6 rings (SSSR count). The molecule has 4 aromatic heterocycles. The number of halogens is 1. The Balaban J connectivity index is 1.24. The number of hydrogen-bond donors (Lipinski definition) is 0. The van der Waals surface area contributed by atoms with Gasteiger partial charge in [0.1, 0.15) is 18.7 Å². The first-order valence-electron chi connectivity index (χ1n) is 14.6. The van der Waals surface area contributed by atoms with E-state index in [2.05, 4.69) is 40.9 Å². The number of rotatable bonds is 12. The van der Waals surface area contributed by atoms with E-state index in [1.54, 1.807) is 15.6 Å². The van der Waals surface area contributed by atoms with Gasteiger partial charge >= 0.3 is 0 Å². The van der Waals surface area contributed by atoms with Crippen LogP contribution in [-0.4, -0.2) is 61.4 Å². The number of aromatic nitrogens is 7. The third-order valence-corrected chi connectivity index (χ3v) is 10.2. The molecule has 43 heavy (non-hydrogen) atoms. The first kappa shape index (κ1) is 29.9. The summed E-state index contributed by atoms with van der Waals surface area (Å²) in [6.45, 7) is 9.19. The van der Waals surface area contributed by atoms with E-state index in [1.807, 2.05) is 40.8 Å². The van der Waals surface area contributed by atoms with Crippen molar-refractivity contribution in [1.29, 1.82) is 0 Å². The molecule has 0 radical (unpaired) electrons. The van der Waals surface area contributed by atoms with Gasteiger partial charge in [-0.1, -0.05) is 37.3 Å². The maximum atomic E-state index is 13.6. The van der Waals surface area contributed by atoms with Crippen molar-refractivity contribution in [2.75, 3.05) is 13.2 Å². The van der Waals surface area contributed by atoms with Crippen molar-refractivity contribution in [3.05, 3.63) is 69.8 Å². The number of Topliss-reactive ketones (excluding diaryl/α,β-unsaturated/α-hetero) is 1. The number of nitrogens with zero attached hydrogens (tertiary/aromatic N) is 7. The molecule has 1 unspecified atom stereocenters. The summed E-state index contributed by atoms with van der Waals surface area (Å²) >= 11 is 7.35. The summed E-state index contributed by atoms with van der Waals surface area (Å²) < 4.78 is 18.0. The lowest BCUT2D eigenvalue weighted by molar-refractivity contribution is -0.0394. The van der Waals surface area contributed by atoms with Crippen molar-refractivity contribution in [3.63, 3.8) is 0 Å². The highest BCUT2D eigenvalue weighted by molar-refractivity contribution is 7.13. The second-order valence-corrected chi connectivity index (χ2v) is 19.3. The topological polar surface area (TPSA) is 102 Å². The Morgan fingerprint density at radius 1 is 1.16 bits per heavy atom. The molecule has 0 spiro atoms. The molecule has 5 heterocycles. The van der Waals surface area contributed by atoms with Gasteiger partial charge in [0.05, 0.1) is 30.1 Å². The molecule has 0 N–H and O–H groups in total. The van der Waals surface area contributed by atoms with Crippen molar-refractivity contribution < 1.29 is 14.3 Å². The molecule has 1 atom stereocenters. The van der Waals surface area contributed by atoms with E-state index in [4.69, 9.17) is 26.2 Å². The molecule has 226 valence electrons. The van der Waals surface area contributed by atoms with Crippen molar-refractivity contribution in [3.8, 4) is 11.1 Å². The average molecular weight is 638 g/mol. The van der Waals surface area contributed by atoms with Gasteiger partial charge in [0.15, 0.2) is 10.3 Å². The third kappa shape index (κ3) is 7.32. The Morgan fingerprint density at radius 3 is 2.81 bits per heavy atom. The fraction of sp³-hybridized carbons (Fsp3) is 0.433. The molecule has 1 aliphatic rings. The molecule has 1 fully saturated rings. The Labute approximate surface area is 260 Å². The maximum Gasteiger partial charge on any atom is 0.188 e. The minimum absolute atomic E-state index is 0.0237. The molecule has 0 amide bonds. The molecular formula is C30H36ClN7O3SSi. The molecule has 1 aromatic carbocycles. The first-order chi connectivity index (χ1) is 20.7. The quantitative estimate of drug-likeness (QED) is 0.0853. The second kappa shape index (κ2) is 12.8. The van der Waals surface area contributed by atoms with E-state index in [0.717, 1.165) is 65.2 Å². The molecule has 0 saturated carbocycles. The van der Waals surface area contributed by atoms with Crippen molar-refractivity contribution in [1.82, 2.24) is 34.3 Å². The van der Waals surface area contributed by atoms with Crippen molar-refractivity contribution in [2.45, 2.75) is 70.9 Å². The van der Waals surface area contributed by atoms with Crippen LogP contribution in [-0.2, 0) is 29.2 Å². The Morgan fingerprint density at radius 2 is 2.05 bits per heavy atom. The molecule has 13 heteroatoms. The largest absolute Gasteiger partial charge is 0.360 e. The number of fused-ring (bicyclic) bond motifs is 1. The van der Waals surface area contributed by atoms with E-state index in [-0.39, 0.29) is 25.2 Å². The van der Waals surface area contributed by atoms with Gasteiger partial charge in [0.2, 0.25) is 0 Å². The Kier molecular flexibility index (Phi) is 8.92. The van der Waals surface area contributed by atoms with Crippen LogP contribution in [0.4, 0.5) is 0 Å². The summed E-state index contributed by atoms with van der Waals surface area (Å²) in [7, 11) is -1.24. The lowest BCUT2D eigenvalue weighted by atomic mass is 10.0. The Bertz CT molecular complexity index is 1710. The second-order valence-electron chi connectivity index (χ2n) is 12.2. The third-order valence-electron chi connectivity index (χ3n) is 7.51. The summed E-state index contributed by atoms with van der Waals surface area (Å²) in [4.78, 5) is 17.9. The number of thiazole rings is 1. The summed E-state index contributed by atoms with van der Waals surface area (Å²) in [5, 5.41) is 16.5. The highest BCUT2D eigenvalue weighted by atomic mass is 35.5. The van der Waals surface area contributed by atoms with E-state index in [1.165, 1.54) is 11.3 Å². The predicted octanol–water partition coefficient (Wildman–Crippen LogP) is 6.69. The number of carbonyl (C=O) groups excluding carboxylic acids is 1. The lowest BCUT2D eigenvalue weighted by Crippen LogP contribution is -2.22. The monoisotopic (exact) mass is 637 g/mol. The van der Waals surface area contributed by atoms with Gasteiger partial charge in [-0.15, -0.1) is 11.3 Å². The van der Waals surface area contributed by atoms with E-state index < -0.39 is 8.07 Å². The number of ketones is 1. The molecule has 1 saturated heterocycles. The zero-order valence-corrected chi connectivity index (χ0v) is 27.3. The van der Waals surface area contributed by atoms with Crippen LogP contribution in [0.25, 0.3) is 22.0 Å². The van der Waals surface area contributed by atoms with Crippen LogP contribution >= 0.6 is 22.9 Å². The number of carbonyl (C=O) groups is 1. The zero-order valence-electron chi connectivity index (χ0n) is 24.7. The molecule has 1 aliphatic heterocycles. The van der Waals surface area contributed by atoms with Gasteiger partial charge in [0.25, 0.3) is 0 Å². The van der Waals surface area contributed by atoms with Crippen LogP contribution in [0, 0.1) is 0 Å². The van der Waals surface area contributed by atoms with Crippen molar-refractivity contribution in [2.24, 2.45) is 0 Å². The SMILES string of the molecule is C[Si](C)(C)CCOCn1nc(C(=O)Cc2cnn(Cc3csc(Cl)n3)c2)c2ccc(-c3cnn(C4CCCCO4)c3)cc21. The number of ether oxygens (including phenoxy) is 2. The van der Waals surface area contributed by atoms with Gasteiger partial charge in [-0.3, -0.25) is 9.48 Å². The fourth-order valence-electron chi connectivity index (χ4n) is 5.14. The van der Waals surface area contributed by atoms with Gasteiger partial charge in [-0.2, -0.15) is 15.3 Å². The normalized spacial score (nSPS) is 15.9. The van der Waals surface area contributed by atoms with Crippen LogP contribution in [0.5, 0.6) is 0 Å². The molecule has 5 aromatic rings. The van der Waals surface area contributed by atoms with Crippen LogP contribution in [0.1, 0.15) is 47.2 Å². The van der Waals surface area contributed by atoms with Crippen molar-refractivity contribution >= 4 is 47.7 Å². The highest BCUT2D eigenvalue weighted by Crippen LogP contribution is 2.29. The minimum atomic E-state index is -1.24. The number of benzene rings is 1. The van der Waals surface area contributed by atoms with E-state index >= 15 is 0 Å².